The Morgan fingerprint density at radius 2 is 1.26 bits per heavy atom. The summed E-state index contributed by atoms with van der Waals surface area (Å²) in [7, 11) is 0. The van der Waals surface area contributed by atoms with E-state index in [0.29, 0.717) is 23.8 Å². The van der Waals surface area contributed by atoms with Crippen LogP contribution in [-0.4, -0.2) is 5.97 Å². The number of rotatable bonds is 13. The topological polar surface area (TPSA) is 26.3 Å². The third-order valence-corrected chi connectivity index (χ3v) is 8.74. The van der Waals surface area contributed by atoms with Crippen molar-refractivity contribution in [1.29, 1.82) is 0 Å². The lowest BCUT2D eigenvalue weighted by atomic mass is 9.78. The molecular formula is C31H48F2O2. The molecule has 0 radical (unpaired) electrons. The minimum atomic E-state index is -1.01. The summed E-state index contributed by atoms with van der Waals surface area (Å²) in [6.07, 6.45) is 20.3. The van der Waals surface area contributed by atoms with Crippen molar-refractivity contribution in [3.05, 3.63) is 29.3 Å². The van der Waals surface area contributed by atoms with E-state index in [1.165, 1.54) is 83.1 Å². The maximum Gasteiger partial charge on any atom is 0.314 e. The highest BCUT2D eigenvalue weighted by Crippen LogP contribution is 2.36. The molecule has 2 fully saturated rings. The van der Waals surface area contributed by atoms with Gasteiger partial charge in [0.2, 0.25) is 5.82 Å². The fraction of sp³-hybridized carbons (Fsp3) is 0.774. The molecule has 0 bridgehead atoms. The Hall–Kier alpha value is -1.45. The van der Waals surface area contributed by atoms with Crippen LogP contribution in [0.3, 0.4) is 0 Å². The van der Waals surface area contributed by atoms with Gasteiger partial charge in [-0.05, 0) is 67.9 Å². The van der Waals surface area contributed by atoms with E-state index in [1.807, 2.05) is 0 Å². The Balaban J connectivity index is 1.42. The summed E-state index contributed by atoms with van der Waals surface area (Å²) in [6.45, 7) is 4.46. The van der Waals surface area contributed by atoms with Gasteiger partial charge in [0.15, 0.2) is 11.6 Å². The molecule has 0 saturated heterocycles. The van der Waals surface area contributed by atoms with E-state index in [2.05, 4.69) is 13.8 Å². The molecular weight excluding hydrogens is 442 g/mol. The third-order valence-electron chi connectivity index (χ3n) is 8.74. The summed E-state index contributed by atoms with van der Waals surface area (Å²) in [6, 6.07) is 3.06. The number of hydrogen-bond donors (Lipinski definition) is 0. The predicted molar refractivity (Wildman–Crippen MR) is 139 cm³/mol. The quantitative estimate of drug-likeness (QED) is 0.156. The summed E-state index contributed by atoms with van der Waals surface area (Å²) in [4.78, 5) is 12.6. The van der Waals surface area contributed by atoms with Crippen LogP contribution in [0.5, 0.6) is 5.75 Å². The molecule has 0 atom stereocenters. The van der Waals surface area contributed by atoms with Crippen LogP contribution in [0.2, 0.25) is 0 Å². The van der Waals surface area contributed by atoms with Gasteiger partial charge >= 0.3 is 5.97 Å². The average molecular weight is 491 g/mol. The fourth-order valence-electron chi connectivity index (χ4n) is 6.26. The van der Waals surface area contributed by atoms with Crippen molar-refractivity contribution in [1.82, 2.24) is 0 Å². The van der Waals surface area contributed by atoms with Gasteiger partial charge < -0.3 is 4.74 Å². The maximum atomic E-state index is 14.8. The number of benzene rings is 1. The van der Waals surface area contributed by atoms with Gasteiger partial charge in [0.25, 0.3) is 0 Å². The second-order valence-corrected chi connectivity index (χ2v) is 11.4. The van der Waals surface area contributed by atoms with Crippen molar-refractivity contribution < 1.29 is 18.3 Å². The number of aryl methyl sites for hydroxylation is 1. The number of esters is 1. The molecule has 0 heterocycles. The molecule has 0 unspecified atom stereocenters. The lowest BCUT2D eigenvalue weighted by Crippen LogP contribution is -2.26. The molecule has 4 heteroatoms. The molecule has 198 valence electrons. The van der Waals surface area contributed by atoms with Crippen molar-refractivity contribution in [3.8, 4) is 5.75 Å². The maximum absolute atomic E-state index is 14.8. The van der Waals surface area contributed by atoms with Crippen LogP contribution < -0.4 is 4.74 Å². The number of unbranched alkanes of at least 4 members (excludes halogenated alkanes) is 4. The van der Waals surface area contributed by atoms with Crippen LogP contribution >= 0.6 is 0 Å². The first kappa shape index (κ1) is 28.1. The molecule has 2 aliphatic rings. The highest BCUT2D eigenvalue weighted by Gasteiger charge is 2.29. The first-order chi connectivity index (χ1) is 17.0. The first-order valence-corrected chi connectivity index (χ1v) is 14.7. The van der Waals surface area contributed by atoms with E-state index >= 15 is 0 Å². The molecule has 0 amide bonds. The van der Waals surface area contributed by atoms with E-state index in [4.69, 9.17) is 4.74 Å². The SMILES string of the molecule is CCCCCC1CCC(CCc2ccc(OC(=O)C3CCC(CCCCC)CC3)c(F)c2F)CC1. The van der Waals surface area contributed by atoms with Gasteiger partial charge in [-0.3, -0.25) is 4.79 Å². The van der Waals surface area contributed by atoms with E-state index in [9.17, 15) is 13.6 Å². The Labute approximate surface area is 212 Å². The van der Waals surface area contributed by atoms with Crippen molar-refractivity contribution in [3.63, 3.8) is 0 Å². The molecule has 35 heavy (non-hydrogen) atoms. The average Bonchev–Trinajstić information content (AvgIpc) is 2.88. The largest absolute Gasteiger partial charge is 0.423 e. The van der Waals surface area contributed by atoms with Crippen LogP contribution in [0.4, 0.5) is 8.78 Å². The molecule has 2 nitrogen and oxygen atoms in total. The van der Waals surface area contributed by atoms with E-state index in [0.717, 1.165) is 38.0 Å². The second kappa shape index (κ2) is 15.0. The molecule has 2 aliphatic carbocycles. The Bertz CT molecular complexity index is 761. The minimum Gasteiger partial charge on any atom is -0.423 e. The van der Waals surface area contributed by atoms with Gasteiger partial charge in [-0.1, -0.05) is 97.0 Å². The van der Waals surface area contributed by atoms with Crippen molar-refractivity contribution in [2.45, 2.75) is 129 Å². The molecule has 2 saturated carbocycles. The monoisotopic (exact) mass is 490 g/mol. The van der Waals surface area contributed by atoms with Crippen LogP contribution in [0.25, 0.3) is 0 Å². The summed E-state index contributed by atoms with van der Waals surface area (Å²) >= 11 is 0. The lowest BCUT2D eigenvalue weighted by molar-refractivity contribution is -0.140. The van der Waals surface area contributed by atoms with Gasteiger partial charge in [0.05, 0.1) is 5.92 Å². The number of halogens is 2. The zero-order valence-electron chi connectivity index (χ0n) is 22.3. The van der Waals surface area contributed by atoms with Gasteiger partial charge in [-0.25, -0.2) is 4.39 Å². The smallest absolute Gasteiger partial charge is 0.314 e. The van der Waals surface area contributed by atoms with Crippen molar-refractivity contribution >= 4 is 5.97 Å². The van der Waals surface area contributed by atoms with Crippen LogP contribution in [0.1, 0.15) is 129 Å². The fourth-order valence-corrected chi connectivity index (χ4v) is 6.26. The second-order valence-electron chi connectivity index (χ2n) is 11.4. The Kier molecular flexibility index (Phi) is 12.0. The van der Waals surface area contributed by atoms with Crippen molar-refractivity contribution in [2.24, 2.45) is 23.7 Å². The summed E-state index contributed by atoms with van der Waals surface area (Å²) < 4.78 is 34.9. The number of carbonyl (C=O) groups excluding carboxylic acids is 1. The van der Waals surface area contributed by atoms with Gasteiger partial charge in [0.1, 0.15) is 0 Å². The van der Waals surface area contributed by atoms with E-state index < -0.39 is 17.6 Å². The number of ether oxygens (including phenoxy) is 1. The molecule has 1 aromatic rings. The van der Waals surface area contributed by atoms with Crippen molar-refractivity contribution in [2.75, 3.05) is 0 Å². The molecule has 0 spiro atoms. The van der Waals surface area contributed by atoms with Gasteiger partial charge in [-0.2, -0.15) is 4.39 Å². The zero-order chi connectivity index (χ0) is 25.0. The zero-order valence-corrected chi connectivity index (χ0v) is 22.3. The predicted octanol–water partition coefficient (Wildman–Crippen LogP) is 9.58. The lowest BCUT2D eigenvalue weighted by Gasteiger charge is -2.28. The third kappa shape index (κ3) is 8.86. The Morgan fingerprint density at radius 3 is 1.80 bits per heavy atom. The standard InChI is InChI=1S/C31H48F2O2/c1-3-5-7-9-23-11-13-25(14-12-23)15-18-26-21-22-28(30(33)29(26)32)35-31(34)27-19-16-24(17-20-27)10-8-6-4-2/h21-25,27H,3-20H2,1-2H3. The number of hydrogen-bond acceptors (Lipinski definition) is 2. The van der Waals surface area contributed by atoms with Crippen LogP contribution in [0.15, 0.2) is 12.1 Å². The molecule has 3 rings (SSSR count). The summed E-state index contributed by atoms with van der Waals surface area (Å²) in [5.41, 5.74) is 0.403. The molecule has 0 N–H and O–H groups in total. The molecule has 0 aromatic heterocycles. The van der Waals surface area contributed by atoms with E-state index in [1.54, 1.807) is 6.07 Å². The normalized spacial score (nSPS) is 24.9. The van der Waals surface area contributed by atoms with Gasteiger partial charge in [-0.15, -0.1) is 0 Å². The van der Waals surface area contributed by atoms with E-state index in [-0.39, 0.29) is 11.7 Å². The van der Waals surface area contributed by atoms with Gasteiger partial charge in [0, 0.05) is 0 Å². The van der Waals surface area contributed by atoms with Crippen LogP contribution in [-0.2, 0) is 11.2 Å². The minimum absolute atomic E-state index is 0.198. The summed E-state index contributed by atoms with van der Waals surface area (Å²) in [5.74, 6) is -0.557. The molecule has 0 aliphatic heterocycles. The number of carbonyl (C=O) groups is 1. The highest BCUT2D eigenvalue weighted by atomic mass is 19.2. The van der Waals surface area contributed by atoms with Crippen LogP contribution in [0, 0.1) is 35.3 Å². The first-order valence-electron chi connectivity index (χ1n) is 14.7. The Morgan fingerprint density at radius 1 is 0.743 bits per heavy atom. The highest BCUT2D eigenvalue weighted by molar-refractivity contribution is 5.75. The summed E-state index contributed by atoms with van der Waals surface area (Å²) in [5, 5.41) is 0. The molecule has 1 aromatic carbocycles.